The van der Waals surface area contributed by atoms with Gasteiger partial charge in [-0.15, -0.1) is 0 Å². The summed E-state index contributed by atoms with van der Waals surface area (Å²) in [6.45, 7) is 3.20. The molecular weight excluding hydrogens is 298 g/mol. The van der Waals surface area contributed by atoms with Crippen LogP contribution >= 0.6 is 0 Å². The van der Waals surface area contributed by atoms with Gasteiger partial charge in [-0.3, -0.25) is 0 Å². The Morgan fingerprint density at radius 1 is 0.875 bits per heavy atom. The monoisotopic (exact) mass is 321 g/mol. The lowest BCUT2D eigenvalue weighted by Gasteiger charge is -2.18. The smallest absolute Gasteiger partial charge is 0.410 e. The Labute approximate surface area is 143 Å². The van der Waals surface area contributed by atoms with Crippen LogP contribution in [0.5, 0.6) is 0 Å². The van der Waals surface area contributed by atoms with E-state index < -0.39 is 0 Å². The van der Waals surface area contributed by atoms with Crippen LogP contribution in [0.1, 0.15) is 18.1 Å². The number of hydrogen-bond acceptors (Lipinski definition) is 2. The highest BCUT2D eigenvalue weighted by Crippen LogP contribution is 2.04. The first-order valence-corrected chi connectivity index (χ1v) is 8.14. The van der Waals surface area contributed by atoms with Gasteiger partial charge in [0.05, 0.1) is 6.61 Å². The van der Waals surface area contributed by atoms with Crippen LogP contribution in [-0.4, -0.2) is 30.7 Å². The van der Waals surface area contributed by atoms with Crippen molar-refractivity contribution in [2.24, 2.45) is 0 Å². The molecule has 0 aliphatic rings. The van der Waals surface area contributed by atoms with E-state index in [2.05, 4.69) is 0 Å². The number of carbonyl (C=O) groups excluding carboxylic acids is 1. The Bertz CT molecular complexity index is 611. The molecule has 0 spiro atoms. The molecule has 0 N–H and O–H groups in total. The minimum atomic E-state index is -0.298. The van der Waals surface area contributed by atoms with Crippen molar-refractivity contribution in [2.45, 2.75) is 6.92 Å². The van der Waals surface area contributed by atoms with E-state index in [1.165, 1.54) is 0 Å². The fraction of sp³-hybridized carbons (Fsp3) is 0.190. The molecule has 0 bridgehead atoms. The fourth-order valence-corrected chi connectivity index (χ4v) is 2.20. The van der Waals surface area contributed by atoms with Gasteiger partial charge >= 0.3 is 6.09 Å². The van der Waals surface area contributed by atoms with Crippen LogP contribution in [0.3, 0.4) is 0 Å². The lowest BCUT2D eigenvalue weighted by Crippen LogP contribution is -2.32. The molecule has 0 aromatic heterocycles. The largest absolute Gasteiger partial charge is 0.450 e. The van der Waals surface area contributed by atoms with Crippen LogP contribution in [-0.2, 0) is 4.74 Å². The van der Waals surface area contributed by atoms with E-state index in [9.17, 15) is 4.79 Å². The van der Waals surface area contributed by atoms with Crippen molar-refractivity contribution in [1.82, 2.24) is 4.90 Å². The lowest BCUT2D eigenvalue weighted by atomic mass is 10.2. The van der Waals surface area contributed by atoms with Crippen molar-refractivity contribution in [1.29, 1.82) is 0 Å². The number of carbonyl (C=O) groups is 1. The number of hydrogen-bond donors (Lipinski definition) is 0. The van der Waals surface area contributed by atoms with E-state index in [1.807, 2.05) is 91.9 Å². The molecular formula is C21H23NO2. The molecule has 0 aliphatic carbocycles. The predicted octanol–water partition coefficient (Wildman–Crippen LogP) is 4.87. The third kappa shape index (κ3) is 6.13. The van der Waals surface area contributed by atoms with E-state index >= 15 is 0 Å². The number of ether oxygens (including phenoxy) is 1. The summed E-state index contributed by atoms with van der Waals surface area (Å²) in [6, 6.07) is 20.0. The summed E-state index contributed by atoms with van der Waals surface area (Å²) >= 11 is 0. The van der Waals surface area contributed by atoms with Gasteiger partial charge in [0.15, 0.2) is 0 Å². The van der Waals surface area contributed by atoms with Crippen molar-refractivity contribution in [3.63, 3.8) is 0 Å². The third-order valence-corrected chi connectivity index (χ3v) is 3.40. The fourth-order valence-electron chi connectivity index (χ4n) is 2.20. The Hall–Kier alpha value is -2.81. The first-order chi connectivity index (χ1) is 11.8. The van der Waals surface area contributed by atoms with Crippen LogP contribution in [0.25, 0.3) is 12.2 Å². The third-order valence-electron chi connectivity index (χ3n) is 3.40. The van der Waals surface area contributed by atoms with Crippen molar-refractivity contribution in [2.75, 3.05) is 19.7 Å². The van der Waals surface area contributed by atoms with Gasteiger partial charge in [0.2, 0.25) is 0 Å². The maximum Gasteiger partial charge on any atom is 0.410 e. The Balaban J connectivity index is 1.95. The first-order valence-electron chi connectivity index (χ1n) is 8.14. The SMILES string of the molecule is CCOC(=O)N(CC=Cc1ccccc1)CC=Cc1ccccc1. The first kappa shape index (κ1) is 17.5. The molecule has 124 valence electrons. The van der Waals surface area contributed by atoms with Gasteiger partial charge in [0.25, 0.3) is 0 Å². The van der Waals surface area contributed by atoms with Crippen molar-refractivity contribution >= 4 is 18.2 Å². The lowest BCUT2D eigenvalue weighted by molar-refractivity contribution is 0.115. The molecule has 0 atom stereocenters. The molecule has 3 heteroatoms. The van der Waals surface area contributed by atoms with Gasteiger partial charge in [0, 0.05) is 13.1 Å². The molecule has 0 saturated heterocycles. The van der Waals surface area contributed by atoms with E-state index in [1.54, 1.807) is 4.90 Å². The summed E-state index contributed by atoms with van der Waals surface area (Å²) in [7, 11) is 0. The van der Waals surface area contributed by atoms with Gasteiger partial charge in [-0.25, -0.2) is 4.79 Å². The molecule has 0 radical (unpaired) electrons. The quantitative estimate of drug-likeness (QED) is 0.728. The second-order valence-electron chi connectivity index (χ2n) is 5.23. The topological polar surface area (TPSA) is 29.5 Å². The normalized spacial score (nSPS) is 11.0. The van der Waals surface area contributed by atoms with Gasteiger partial charge in [0.1, 0.15) is 0 Å². The Morgan fingerprint density at radius 2 is 1.33 bits per heavy atom. The number of rotatable bonds is 7. The zero-order valence-electron chi connectivity index (χ0n) is 14.0. The maximum absolute atomic E-state index is 12.1. The highest BCUT2D eigenvalue weighted by atomic mass is 16.6. The van der Waals surface area contributed by atoms with E-state index in [0.717, 1.165) is 11.1 Å². The minimum Gasteiger partial charge on any atom is -0.450 e. The van der Waals surface area contributed by atoms with Gasteiger partial charge in [-0.05, 0) is 18.1 Å². The van der Waals surface area contributed by atoms with Crippen molar-refractivity contribution in [3.8, 4) is 0 Å². The molecule has 0 fully saturated rings. The minimum absolute atomic E-state index is 0.298. The molecule has 24 heavy (non-hydrogen) atoms. The van der Waals surface area contributed by atoms with Crippen LogP contribution in [0.15, 0.2) is 72.8 Å². The summed E-state index contributed by atoms with van der Waals surface area (Å²) in [5, 5.41) is 0. The number of nitrogens with zero attached hydrogens (tertiary/aromatic N) is 1. The van der Waals surface area contributed by atoms with E-state index in [-0.39, 0.29) is 6.09 Å². The molecule has 2 aromatic rings. The van der Waals surface area contributed by atoms with Crippen LogP contribution in [0.4, 0.5) is 4.79 Å². The van der Waals surface area contributed by atoms with E-state index in [0.29, 0.717) is 19.7 Å². The second-order valence-corrected chi connectivity index (χ2v) is 5.23. The highest BCUT2D eigenvalue weighted by Gasteiger charge is 2.10. The van der Waals surface area contributed by atoms with Gasteiger partial charge < -0.3 is 9.64 Å². The standard InChI is InChI=1S/C21H23NO2/c1-2-24-21(23)22(17-9-15-19-11-5-3-6-12-19)18-10-16-20-13-7-4-8-14-20/h3-16H,2,17-18H2,1H3. The highest BCUT2D eigenvalue weighted by molar-refractivity contribution is 5.68. The Kier molecular flexibility index (Phi) is 7.35. The van der Waals surface area contributed by atoms with Gasteiger partial charge in [-0.2, -0.15) is 0 Å². The summed E-state index contributed by atoms with van der Waals surface area (Å²) in [5.74, 6) is 0. The zero-order chi connectivity index (χ0) is 17.0. The molecule has 3 nitrogen and oxygen atoms in total. The number of benzene rings is 2. The van der Waals surface area contributed by atoms with E-state index in [4.69, 9.17) is 4.74 Å². The maximum atomic E-state index is 12.1. The molecule has 2 rings (SSSR count). The van der Waals surface area contributed by atoms with Crippen LogP contribution < -0.4 is 0 Å². The van der Waals surface area contributed by atoms with Crippen LogP contribution in [0, 0.1) is 0 Å². The molecule has 0 heterocycles. The predicted molar refractivity (Wildman–Crippen MR) is 99.5 cm³/mol. The Morgan fingerprint density at radius 3 is 1.75 bits per heavy atom. The second kappa shape index (κ2) is 10.1. The van der Waals surface area contributed by atoms with Crippen molar-refractivity contribution in [3.05, 3.63) is 83.9 Å². The van der Waals surface area contributed by atoms with Crippen molar-refractivity contribution < 1.29 is 9.53 Å². The van der Waals surface area contributed by atoms with Gasteiger partial charge in [-0.1, -0.05) is 85.0 Å². The molecule has 0 unspecified atom stereocenters. The summed E-state index contributed by atoms with van der Waals surface area (Å²) in [4.78, 5) is 13.7. The number of amides is 1. The summed E-state index contributed by atoms with van der Waals surface area (Å²) in [5.41, 5.74) is 2.22. The average Bonchev–Trinajstić information content (AvgIpc) is 2.62. The molecule has 2 aromatic carbocycles. The molecule has 0 aliphatic heterocycles. The molecule has 0 saturated carbocycles. The summed E-state index contributed by atoms with van der Waals surface area (Å²) in [6.07, 6.45) is 7.67. The average molecular weight is 321 g/mol. The van der Waals surface area contributed by atoms with Crippen LogP contribution in [0.2, 0.25) is 0 Å². The molecule has 1 amide bonds. The zero-order valence-corrected chi connectivity index (χ0v) is 14.0. The summed E-state index contributed by atoms with van der Waals surface area (Å²) < 4.78 is 5.13.